The molecule has 1 rings (SSSR count). The van der Waals surface area contributed by atoms with Crippen LogP contribution in [0.25, 0.3) is 0 Å². The van der Waals surface area contributed by atoms with Gasteiger partial charge in [-0.3, -0.25) is 4.79 Å². The summed E-state index contributed by atoms with van der Waals surface area (Å²) in [4.78, 5) is 11.5. The van der Waals surface area contributed by atoms with Gasteiger partial charge in [-0.2, -0.15) is 11.8 Å². The Hall–Kier alpha value is -0.220. The van der Waals surface area contributed by atoms with Gasteiger partial charge in [-0.05, 0) is 32.4 Å². The molecule has 1 atom stereocenters. The predicted molar refractivity (Wildman–Crippen MR) is 66.0 cm³/mol. The second kappa shape index (κ2) is 5.75. The van der Waals surface area contributed by atoms with Crippen molar-refractivity contribution in [3.05, 3.63) is 0 Å². The Morgan fingerprint density at radius 1 is 1.60 bits per heavy atom. The maximum absolute atomic E-state index is 11.5. The molecule has 0 aromatic rings. The van der Waals surface area contributed by atoms with Gasteiger partial charge in [0.15, 0.2) is 0 Å². The fraction of sp³-hybridized carbons (Fsp3) is 0.909. The molecule has 1 fully saturated rings. The first-order valence-corrected chi connectivity index (χ1v) is 6.88. The number of thioether (sulfide) groups is 1. The lowest BCUT2D eigenvalue weighted by Crippen LogP contribution is -2.45. The topological polar surface area (TPSA) is 55.1 Å². The van der Waals surface area contributed by atoms with Crippen LogP contribution < -0.4 is 11.1 Å². The molecule has 1 aliphatic rings. The minimum atomic E-state index is 0.119. The number of nitrogens with one attached hydrogen (secondary N) is 1. The summed E-state index contributed by atoms with van der Waals surface area (Å²) in [5, 5.41) is 3.02. The molecule has 15 heavy (non-hydrogen) atoms. The summed E-state index contributed by atoms with van der Waals surface area (Å²) in [7, 11) is 0. The standard InChI is InChI=1S/C11H22N2OS/c1-9(12)4-5-10(14)13-8-11(15-2)6-3-7-11/h9H,3-8,12H2,1-2H3,(H,13,14). The van der Waals surface area contributed by atoms with Crippen LogP contribution in [0.5, 0.6) is 0 Å². The number of carbonyl (C=O) groups excluding carboxylic acids is 1. The summed E-state index contributed by atoms with van der Waals surface area (Å²) < 4.78 is 0.337. The molecule has 1 unspecified atom stereocenters. The quantitative estimate of drug-likeness (QED) is 0.727. The van der Waals surface area contributed by atoms with Crippen LogP contribution in [0.2, 0.25) is 0 Å². The summed E-state index contributed by atoms with van der Waals surface area (Å²) in [5.41, 5.74) is 5.60. The van der Waals surface area contributed by atoms with E-state index in [4.69, 9.17) is 5.73 Å². The molecule has 1 amide bonds. The van der Waals surface area contributed by atoms with Crippen LogP contribution in [-0.4, -0.2) is 29.5 Å². The fourth-order valence-electron chi connectivity index (χ4n) is 1.73. The number of carbonyl (C=O) groups is 1. The number of hydrogen-bond donors (Lipinski definition) is 2. The molecule has 0 heterocycles. The molecule has 0 saturated heterocycles. The highest BCUT2D eigenvalue weighted by Crippen LogP contribution is 2.42. The third-order valence-electron chi connectivity index (χ3n) is 3.13. The first-order valence-electron chi connectivity index (χ1n) is 5.65. The van der Waals surface area contributed by atoms with Crippen molar-refractivity contribution in [3.63, 3.8) is 0 Å². The van der Waals surface area contributed by atoms with E-state index in [1.807, 2.05) is 18.7 Å². The van der Waals surface area contributed by atoms with Gasteiger partial charge in [0.1, 0.15) is 0 Å². The normalized spacial score (nSPS) is 20.5. The summed E-state index contributed by atoms with van der Waals surface area (Å²) in [5.74, 6) is 0.146. The maximum atomic E-state index is 11.5. The van der Waals surface area contributed by atoms with E-state index < -0.39 is 0 Å². The monoisotopic (exact) mass is 230 g/mol. The van der Waals surface area contributed by atoms with Crippen molar-refractivity contribution in [2.45, 2.75) is 49.8 Å². The summed E-state index contributed by atoms with van der Waals surface area (Å²) in [6.45, 7) is 2.76. The summed E-state index contributed by atoms with van der Waals surface area (Å²) >= 11 is 1.89. The van der Waals surface area contributed by atoms with Crippen molar-refractivity contribution in [2.75, 3.05) is 12.8 Å². The van der Waals surface area contributed by atoms with Crippen molar-refractivity contribution in [3.8, 4) is 0 Å². The number of nitrogens with two attached hydrogens (primary N) is 1. The van der Waals surface area contributed by atoms with Crippen molar-refractivity contribution in [1.29, 1.82) is 0 Å². The first kappa shape index (κ1) is 12.8. The van der Waals surface area contributed by atoms with Crippen LogP contribution in [0.1, 0.15) is 39.0 Å². The van der Waals surface area contributed by atoms with Crippen LogP contribution >= 0.6 is 11.8 Å². The van der Waals surface area contributed by atoms with Crippen LogP contribution in [0.4, 0.5) is 0 Å². The van der Waals surface area contributed by atoms with E-state index in [-0.39, 0.29) is 11.9 Å². The lowest BCUT2D eigenvalue weighted by Gasteiger charge is -2.40. The summed E-state index contributed by atoms with van der Waals surface area (Å²) in [6.07, 6.45) is 7.24. The maximum Gasteiger partial charge on any atom is 0.220 e. The molecule has 0 aromatic carbocycles. The third kappa shape index (κ3) is 4.03. The average molecular weight is 230 g/mol. The van der Waals surface area contributed by atoms with Crippen molar-refractivity contribution in [2.24, 2.45) is 5.73 Å². The predicted octanol–water partition coefficient (Wildman–Crippen LogP) is 1.52. The third-order valence-corrected chi connectivity index (χ3v) is 4.55. The molecule has 0 spiro atoms. The van der Waals surface area contributed by atoms with Gasteiger partial charge >= 0.3 is 0 Å². The lowest BCUT2D eigenvalue weighted by atomic mass is 9.84. The summed E-state index contributed by atoms with van der Waals surface area (Å²) in [6, 6.07) is 0.119. The smallest absolute Gasteiger partial charge is 0.220 e. The molecule has 0 aliphatic heterocycles. The molecule has 4 heteroatoms. The second-order valence-corrected chi connectivity index (χ2v) is 5.81. The number of hydrogen-bond acceptors (Lipinski definition) is 3. The zero-order chi connectivity index (χ0) is 11.3. The molecule has 88 valence electrons. The Kier molecular flexibility index (Phi) is 4.93. The van der Waals surface area contributed by atoms with Crippen molar-refractivity contribution in [1.82, 2.24) is 5.32 Å². The average Bonchev–Trinajstić information content (AvgIpc) is 2.14. The van der Waals surface area contributed by atoms with E-state index in [2.05, 4.69) is 11.6 Å². The van der Waals surface area contributed by atoms with Crippen molar-refractivity contribution >= 4 is 17.7 Å². The van der Waals surface area contributed by atoms with E-state index in [1.165, 1.54) is 19.3 Å². The molecular weight excluding hydrogens is 208 g/mol. The molecule has 0 radical (unpaired) electrons. The Labute approximate surface area is 96.6 Å². The first-order chi connectivity index (χ1) is 7.08. The van der Waals surface area contributed by atoms with Crippen LogP contribution in [0.15, 0.2) is 0 Å². The van der Waals surface area contributed by atoms with Gasteiger partial charge in [-0.15, -0.1) is 0 Å². The Morgan fingerprint density at radius 2 is 2.27 bits per heavy atom. The highest BCUT2D eigenvalue weighted by Gasteiger charge is 2.36. The molecule has 1 aliphatic carbocycles. The molecule has 0 bridgehead atoms. The Balaban J connectivity index is 2.16. The zero-order valence-corrected chi connectivity index (χ0v) is 10.5. The van der Waals surface area contributed by atoms with E-state index in [0.717, 1.165) is 13.0 Å². The lowest BCUT2D eigenvalue weighted by molar-refractivity contribution is -0.121. The Morgan fingerprint density at radius 3 is 2.67 bits per heavy atom. The van der Waals surface area contributed by atoms with Gasteiger partial charge in [0, 0.05) is 23.8 Å². The SMILES string of the molecule is CSC1(CNC(=O)CCC(C)N)CCC1. The van der Waals surface area contributed by atoms with Gasteiger partial charge in [0.25, 0.3) is 0 Å². The molecule has 3 N–H and O–H groups in total. The molecule has 0 aromatic heterocycles. The Bertz CT molecular complexity index is 209. The number of amides is 1. The minimum absolute atomic E-state index is 0.119. The fourth-order valence-corrected chi connectivity index (χ4v) is 2.64. The molecule has 3 nitrogen and oxygen atoms in total. The largest absolute Gasteiger partial charge is 0.355 e. The van der Waals surface area contributed by atoms with E-state index in [0.29, 0.717) is 11.2 Å². The van der Waals surface area contributed by atoms with Gasteiger partial charge in [-0.25, -0.2) is 0 Å². The zero-order valence-electron chi connectivity index (χ0n) is 9.71. The van der Waals surface area contributed by atoms with Gasteiger partial charge in [0.2, 0.25) is 5.91 Å². The second-order valence-electron chi connectivity index (χ2n) is 4.53. The van der Waals surface area contributed by atoms with E-state index >= 15 is 0 Å². The van der Waals surface area contributed by atoms with Crippen molar-refractivity contribution < 1.29 is 4.79 Å². The van der Waals surface area contributed by atoms with Crippen LogP contribution in [-0.2, 0) is 4.79 Å². The van der Waals surface area contributed by atoms with E-state index in [9.17, 15) is 4.79 Å². The minimum Gasteiger partial charge on any atom is -0.355 e. The molecule has 1 saturated carbocycles. The van der Waals surface area contributed by atoms with E-state index in [1.54, 1.807) is 0 Å². The van der Waals surface area contributed by atoms with Crippen LogP contribution in [0, 0.1) is 0 Å². The van der Waals surface area contributed by atoms with Crippen LogP contribution in [0.3, 0.4) is 0 Å². The molecular formula is C11H22N2OS. The highest BCUT2D eigenvalue weighted by molar-refractivity contribution is 8.00. The number of rotatable bonds is 6. The highest BCUT2D eigenvalue weighted by atomic mass is 32.2. The van der Waals surface area contributed by atoms with Gasteiger partial charge < -0.3 is 11.1 Å². The van der Waals surface area contributed by atoms with Gasteiger partial charge in [0.05, 0.1) is 0 Å². The van der Waals surface area contributed by atoms with Gasteiger partial charge in [-0.1, -0.05) is 6.42 Å².